The molecule has 0 aromatic heterocycles. The molecule has 0 N–H and O–H groups in total. The molecule has 0 unspecified atom stereocenters. The second kappa shape index (κ2) is 12.8. The molecule has 0 saturated heterocycles. The maximum atomic E-state index is 2.29. The molecule has 0 aromatic rings. The van der Waals surface area contributed by atoms with Crippen LogP contribution in [0.3, 0.4) is 0 Å². The van der Waals surface area contributed by atoms with Crippen LogP contribution in [-0.2, 0) is 22.4 Å². The van der Waals surface area contributed by atoms with E-state index in [9.17, 15) is 0 Å². The Morgan fingerprint density at radius 3 is 1.11 bits per heavy atom. The summed E-state index contributed by atoms with van der Waals surface area (Å²) in [5, 5.41) is 0. The van der Waals surface area contributed by atoms with Crippen LogP contribution in [0.15, 0.2) is 0 Å². The van der Waals surface area contributed by atoms with Crippen LogP contribution in [0.25, 0.3) is 0 Å². The van der Waals surface area contributed by atoms with Gasteiger partial charge in [-0.25, -0.2) is 0 Å². The predicted octanol–water partition coefficient (Wildman–Crippen LogP) is -0.470. The van der Waals surface area contributed by atoms with Gasteiger partial charge in [0, 0.05) is 0 Å². The summed E-state index contributed by atoms with van der Waals surface area (Å²) < 4.78 is 0. The molecule has 0 bridgehead atoms. The van der Waals surface area contributed by atoms with E-state index in [2.05, 4.69) is 20.8 Å². The van der Waals surface area contributed by atoms with Crippen LogP contribution in [-0.4, -0.2) is 18.5 Å². The zero-order valence-corrected chi connectivity index (χ0v) is 11.9. The minimum absolute atomic E-state index is 0. The van der Waals surface area contributed by atoms with Crippen LogP contribution in [0, 0.1) is 0 Å². The van der Waals surface area contributed by atoms with Gasteiger partial charge < -0.3 is 0 Å². The molecule has 3 heteroatoms. The normalized spacial score (nSPS) is 8.00. The van der Waals surface area contributed by atoms with Gasteiger partial charge in [-0.2, -0.15) is 0 Å². The molecule has 0 aliphatic carbocycles. The van der Waals surface area contributed by atoms with Crippen LogP contribution >= 0.6 is 7.92 Å². The van der Waals surface area contributed by atoms with E-state index in [1.54, 1.807) is 0 Å². The Bertz CT molecular complexity index is 34.5. The fourth-order valence-electron chi connectivity index (χ4n) is 0.671. The SMILES string of the molecule is CCP(CC)CC.[Au+].[Na+]. The van der Waals surface area contributed by atoms with E-state index in [0.717, 1.165) is 0 Å². The third-order valence-corrected chi connectivity index (χ3v) is 4.02. The summed E-state index contributed by atoms with van der Waals surface area (Å²) in [6.45, 7) is 6.87. The van der Waals surface area contributed by atoms with E-state index in [-0.39, 0.29) is 51.9 Å². The summed E-state index contributed by atoms with van der Waals surface area (Å²) in [7, 11) is 0.446. The first-order chi connectivity index (χ1) is 3.35. The van der Waals surface area contributed by atoms with Gasteiger partial charge in [-0.1, -0.05) is 20.8 Å². The van der Waals surface area contributed by atoms with Gasteiger partial charge in [-0.05, 0) is 18.5 Å². The molecule has 0 aliphatic rings. The van der Waals surface area contributed by atoms with Gasteiger partial charge in [0.2, 0.25) is 0 Å². The average Bonchev–Trinajstić information content (AvgIpc) is 1.72. The van der Waals surface area contributed by atoms with Crippen molar-refractivity contribution >= 4 is 7.92 Å². The van der Waals surface area contributed by atoms with Crippen molar-refractivity contribution in [3.63, 3.8) is 0 Å². The molecule has 0 saturated carbocycles. The Labute approximate surface area is 98.1 Å². The number of rotatable bonds is 3. The summed E-state index contributed by atoms with van der Waals surface area (Å²) in [6, 6.07) is 0. The maximum absolute atomic E-state index is 2.29. The first-order valence-corrected chi connectivity index (χ1v) is 4.97. The second-order valence-electron chi connectivity index (χ2n) is 1.62. The molecular formula is C6H15AuNaP+2. The van der Waals surface area contributed by atoms with Crippen LogP contribution in [0.4, 0.5) is 0 Å². The van der Waals surface area contributed by atoms with Crippen molar-refractivity contribution in [3.05, 3.63) is 0 Å². The van der Waals surface area contributed by atoms with E-state index >= 15 is 0 Å². The van der Waals surface area contributed by atoms with Crippen molar-refractivity contribution in [3.8, 4) is 0 Å². The van der Waals surface area contributed by atoms with Gasteiger partial charge in [0.25, 0.3) is 0 Å². The molecule has 0 fully saturated rings. The second-order valence-corrected chi connectivity index (χ2v) is 4.86. The largest absolute Gasteiger partial charge is 1.00 e. The first-order valence-electron chi connectivity index (χ1n) is 3.07. The molecule has 0 aliphatic heterocycles. The molecule has 0 radical (unpaired) electrons. The van der Waals surface area contributed by atoms with Crippen LogP contribution in [0.1, 0.15) is 20.8 Å². The van der Waals surface area contributed by atoms with E-state index in [1.807, 2.05) is 0 Å². The van der Waals surface area contributed by atoms with Gasteiger partial charge in [0.15, 0.2) is 0 Å². The molecule has 54 valence electrons. The summed E-state index contributed by atoms with van der Waals surface area (Å²) in [5.41, 5.74) is 0. The van der Waals surface area contributed by atoms with Crippen molar-refractivity contribution < 1.29 is 51.9 Å². The Morgan fingerprint density at radius 2 is 1.11 bits per heavy atom. The van der Waals surface area contributed by atoms with Crippen molar-refractivity contribution in [2.24, 2.45) is 0 Å². The topological polar surface area (TPSA) is 0 Å². The molecule has 0 atom stereocenters. The van der Waals surface area contributed by atoms with Gasteiger partial charge in [-0.3, -0.25) is 0 Å². The van der Waals surface area contributed by atoms with Crippen LogP contribution < -0.4 is 29.6 Å². The molecule has 0 spiro atoms. The summed E-state index contributed by atoms with van der Waals surface area (Å²) in [6.07, 6.45) is 4.26. The van der Waals surface area contributed by atoms with Crippen molar-refractivity contribution in [2.75, 3.05) is 18.5 Å². The third kappa shape index (κ3) is 10.2. The van der Waals surface area contributed by atoms with E-state index in [4.69, 9.17) is 0 Å². The van der Waals surface area contributed by atoms with E-state index in [0.29, 0.717) is 7.92 Å². The summed E-state index contributed by atoms with van der Waals surface area (Å²) in [4.78, 5) is 0. The standard InChI is InChI=1S/C6H15P.Au.Na/c1-4-7(5-2)6-3;;/h4-6H2,1-3H3;;/q;2*+1. The smallest absolute Gasteiger partial charge is 0.108 e. The minimum atomic E-state index is 0. The Hall–Kier alpha value is 2.17. The number of hydrogen-bond donors (Lipinski definition) is 0. The maximum Gasteiger partial charge on any atom is 1.00 e. The Balaban J connectivity index is -0.000000180. The van der Waals surface area contributed by atoms with Crippen LogP contribution in [0.5, 0.6) is 0 Å². The quantitative estimate of drug-likeness (QED) is 0.482. The van der Waals surface area contributed by atoms with Gasteiger partial charge in [0.05, 0.1) is 0 Å². The van der Waals surface area contributed by atoms with Crippen LogP contribution in [0.2, 0.25) is 0 Å². The first kappa shape index (κ1) is 17.3. The zero-order chi connectivity index (χ0) is 5.70. The monoisotopic (exact) mass is 338 g/mol. The number of hydrogen-bond acceptors (Lipinski definition) is 0. The fourth-order valence-corrected chi connectivity index (χ4v) is 2.01. The Kier molecular flexibility index (Phi) is 24.6. The van der Waals surface area contributed by atoms with Crippen molar-refractivity contribution in [1.82, 2.24) is 0 Å². The average molecular weight is 338 g/mol. The van der Waals surface area contributed by atoms with Gasteiger partial charge in [-0.15, -0.1) is 7.92 Å². The molecular weight excluding hydrogens is 323 g/mol. The summed E-state index contributed by atoms with van der Waals surface area (Å²) >= 11 is 0. The van der Waals surface area contributed by atoms with Gasteiger partial charge in [0.1, 0.15) is 0 Å². The third-order valence-electron chi connectivity index (χ3n) is 1.34. The minimum Gasteiger partial charge on any atom is -0.108 e. The van der Waals surface area contributed by atoms with E-state index < -0.39 is 0 Å². The molecule has 0 amide bonds. The van der Waals surface area contributed by atoms with Crippen molar-refractivity contribution in [1.29, 1.82) is 0 Å². The molecule has 0 rings (SSSR count). The predicted molar refractivity (Wildman–Crippen MR) is 38.5 cm³/mol. The zero-order valence-electron chi connectivity index (χ0n) is 6.87. The van der Waals surface area contributed by atoms with Crippen molar-refractivity contribution in [2.45, 2.75) is 20.8 Å². The molecule has 0 nitrogen and oxygen atoms in total. The summed E-state index contributed by atoms with van der Waals surface area (Å²) in [5.74, 6) is 0. The molecule has 9 heavy (non-hydrogen) atoms. The molecule has 0 aromatic carbocycles. The molecule has 0 heterocycles. The fraction of sp³-hybridized carbons (Fsp3) is 1.00. The Morgan fingerprint density at radius 1 is 0.889 bits per heavy atom. The van der Waals surface area contributed by atoms with Gasteiger partial charge >= 0.3 is 51.9 Å². The van der Waals surface area contributed by atoms with E-state index in [1.165, 1.54) is 18.5 Å².